The van der Waals surface area contributed by atoms with Gasteiger partial charge in [0.2, 0.25) is 0 Å². The predicted molar refractivity (Wildman–Crippen MR) is 121 cm³/mol. The summed E-state index contributed by atoms with van der Waals surface area (Å²) in [6.07, 6.45) is 2.79. The second-order valence-corrected chi connectivity index (χ2v) is 7.90. The summed E-state index contributed by atoms with van der Waals surface area (Å²) < 4.78 is 0. The first kappa shape index (κ1) is 22.5. The summed E-state index contributed by atoms with van der Waals surface area (Å²) in [5.41, 5.74) is 1.53. The van der Waals surface area contributed by atoms with E-state index in [0.29, 0.717) is 22.5 Å². The maximum Gasteiger partial charge on any atom is 0.257 e. The number of benzene rings is 2. The van der Waals surface area contributed by atoms with Gasteiger partial charge in [-0.05, 0) is 55.8 Å². The number of carbonyl (C=O) groups is 2. The maximum atomic E-state index is 12.7. The van der Waals surface area contributed by atoms with Crippen LogP contribution in [0.2, 0.25) is 5.02 Å². The molecule has 0 atom stereocenters. The van der Waals surface area contributed by atoms with Gasteiger partial charge in [0, 0.05) is 17.4 Å². The van der Waals surface area contributed by atoms with Crippen LogP contribution in [0.25, 0.3) is 0 Å². The number of amides is 2. The lowest BCUT2D eigenvalue weighted by atomic mass is 9.85. The molecule has 2 N–H and O–H groups in total. The third kappa shape index (κ3) is 5.10. The van der Waals surface area contributed by atoms with Gasteiger partial charge in [0.1, 0.15) is 6.07 Å². The Balaban J connectivity index is 1.81. The van der Waals surface area contributed by atoms with Gasteiger partial charge in [-0.15, -0.1) is 0 Å². The van der Waals surface area contributed by atoms with E-state index in [-0.39, 0.29) is 16.5 Å². The molecule has 3 rings (SSSR count). The maximum absolute atomic E-state index is 12.7. The molecule has 32 heavy (non-hydrogen) atoms. The molecule has 2 amide bonds. The van der Waals surface area contributed by atoms with Crippen LogP contribution in [0.5, 0.6) is 0 Å². The fourth-order valence-corrected chi connectivity index (χ4v) is 3.07. The zero-order valence-electron chi connectivity index (χ0n) is 17.3. The van der Waals surface area contributed by atoms with Gasteiger partial charge in [0.25, 0.3) is 11.8 Å². The minimum Gasteiger partial charge on any atom is -0.322 e. The molecule has 2 aromatic carbocycles. The number of rotatable bonds is 5. The van der Waals surface area contributed by atoms with Gasteiger partial charge >= 0.3 is 0 Å². The van der Waals surface area contributed by atoms with E-state index in [2.05, 4.69) is 21.7 Å². The van der Waals surface area contributed by atoms with Crippen LogP contribution < -0.4 is 10.6 Å². The number of nitriles is 2. The Labute approximate surface area is 190 Å². The summed E-state index contributed by atoms with van der Waals surface area (Å²) in [4.78, 5) is 29.3. The number of hydrogen-bond donors (Lipinski definition) is 2. The van der Waals surface area contributed by atoms with Gasteiger partial charge in [-0.3, -0.25) is 14.6 Å². The molecule has 0 aliphatic heterocycles. The topological polar surface area (TPSA) is 119 Å². The standard InChI is InChI=1S/C24H18ClN5O2/c1-24(2,14-27)17-5-3-4-16(9-17)22(31)29-18-6-7-21(25)20(10-18)23(32)30-19-8-15(11-26)12-28-13-19/h3-10,12-13H,1-2H3,(H,29,31)(H,30,32). The van der Waals surface area contributed by atoms with Crippen LogP contribution in [0.1, 0.15) is 45.7 Å². The van der Waals surface area contributed by atoms with Crippen molar-refractivity contribution in [3.63, 3.8) is 0 Å². The highest BCUT2D eigenvalue weighted by Crippen LogP contribution is 2.25. The lowest BCUT2D eigenvalue weighted by Crippen LogP contribution is -2.17. The van der Waals surface area contributed by atoms with Gasteiger partial charge in [0.05, 0.1) is 39.5 Å². The molecule has 0 aliphatic carbocycles. The zero-order chi connectivity index (χ0) is 23.3. The summed E-state index contributed by atoms with van der Waals surface area (Å²) in [5, 5.41) is 23.9. The summed E-state index contributed by atoms with van der Waals surface area (Å²) >= 11 is 6.18. The molecule has 0 fully saturated rings. The average Bonchev–Trinajstić information content (AvgIpc) is 2.80. The molecular formula is C24H18ClN5O2. The Hall–Kier alpha value is -4.20. The van der Waals surface area contributed by atoms with Crippen LogP contribution in [-0.2, 0) is 5.41 Å². The van der Waals surface area contributed by atoms with Crippen LogP contribution in [0.3, 0.4) is 0 Å². The first-order chi connectivity index (χ1) is 15.2. The van der Waals surface area contributed by atoms with Crippen molar-refractivity contribution in [3.05, 3.63) is 88.2 Å². The monoisotopic (exact) mass is 443 g/mol. The van der Waals surface area contributed by atoms with Gasteiger partial charge in [0.15, 0.2) is 0 Å². The van der Waals surface area contributed by atoms with Crippen molar-refractivity contribution >= 4 is 34.8 Å². The van der Waals surface area contributed by atoms with Crippen LogP contribution >= 0.6 is 11.6 Å². The van der Waals surface area contributed by atoms with Crippen molar-refractivity contribution in [2.75, 3.05) is 10.6 Å². The highest BCUT2D eigenvalue weighted by Gasteiger charge is 2.21. The smallest absolute Gasteiger partial charge is 0.257 e. The second-order valence-electron chi connectivity index (χ2n) is 7.49. The summed E-state index contributed by atoms with van der Waals surface area (Å²) in [6, 6.07) is 17.0. The van der Waals surface area contributed by atoms with E-state index in [9.17, 15) is 14.9 Å². The number of pyridine rings is 1. The number of nitrogens with one attached hydrogen (secondary N) is 2. The van der Waals surface area contributed by atoms with Crippen molar-refractivity contribution in [1.82, 2.24) is 4.98 Å². The summed E-state index contributed by atoms with van der Waals surface area (Å²) in [6.45, 7) is 3.55. The third-order valence-electron chi connectivity index (χ3n) is 4.72. The quantitative estimate of drug-likeness (QED) is 0.580. The van der Waals surface area contributed by atoms with Crippen LogP contribution in [-0.4, -0.2) is 16.8 Å². The summed E-state index contributed by atoms with van der Waals surface area (Å²) in [5.74, 6) is -0.902. The van der Waals surface area contributed by atoms with Crippen LogP contribution in [0.15, 0.2) is 60.9 Å². The molecule has 8 heteroatoms. The zero-order valence-corrected chi connectivity index (χ0v) is 18.1. The predicted octanol–water partition coefficient (Wildman–Crippen LogP) is 4.91. The number of nitrogens with zero attached hydrogens (tertiary/aromatic N) is 3. The van der Waals surface area contributed by atoms with Gasteiger partial charge in [-0.2, -0.15) is 10.5 Å². The van der Waals surface area contributed by atoms with E-state index in [1.54, 1.807) is 44.2 Å². The number of hydrogen-bond acceptors (Lipinski definition) is 5. The first-order valence-electron chi connectivity index (χ1n) is 9.52. The first-order valence-corrected chi connectivity index (χ1v) is 9.90. The molecule has 1 heterocycles. The molecular weight excluding hydrogens is 426 g/mol. The lowest BCUT2D eigenvalue weighted by molar-refractivity contribution is 0.101. The van der Waals surface area contributed by atoms with Crippen molar-refractivity contribution in [1.29, 1.82) is 10.5 Å². The number of aromatic nitrogens is 1. The summed E-state index contributed by atoms with van der Waals surface area (Å²) in [7, 11) is 0. The van der Waals surface area contributed by atoms with Crippen LogP contribution in [0.4, 0.5) is 11.4 Å². The van der Waals surface area contributed by atoms with E-state index in [0.717, 1.165) is 5.56 Å². The minimum absolute atomic E-state index is 0.145. The highest BCUT2D eigenvalue weighted by atomic mass is 35.5. The molecule has 0 aliphatic rings. The largest absolute Gasteiger partial charge is 0.322 e. The van der Waals surface area contributed by atoms with E-state index < -0.39 is 11.3 Å². The Kier molecular flexibility index (Phi) is 6.53. The third-order valence-corrected chi connectivity index (χ3v) is 5.05. The lowest BCUT2D eigenvalue weighted by Gasteiger charge is -2.16. The normalized spacial score (nSPS) is 10.5. The van der Waals surface area contributed by atoms with E-state index in [1.165, 1.54) is 30.6 Å². The molecule has 1 aromatic heterocycles. The van der Waals surface area contributed by atoms with Crippen molar-refractivity contribution in [3.8, 4) is 12.1 Å². The Bertz CT molecular complexity index is 1290. The molecule has 0 saturated heterocycles. The van der Waals surface area contributed by atoms with E-state index >= 15 is 0 Å². The van der Waals surface area contributed by atoms with Crippen molar-refractivity contribution < 1.29 is 9.59 Å². The molecule has 0 bridgehead atoms. The van der Waals surface area contributed by atoms with E-state index in [4.69, 9.17) is 16.9 Å². The van der Waals surface area contributed by atoms with Gasteiger partial charge in [-0.1, -0.05) is 23.7 Å². The van der Waals surface area contributed by atoms with Crippen LogP contribution in [0, 0.1) is 22.7 Å². The molecule has 0 spiro atoms. The fraction of sp³-hybridized carbons (Fsp3) is 0.125. The molecule has 0 unspecified atom stereocenters. The molecule has 0 radical (unpaired) electrons. The van der Waals surface area contributed by atoms with Crippen molar-refractivity contribution in [2.45, 2.75) is 19.3 Å². The molecule has 3 aromatic rings. The number of halogens is 1. The Morgan fingerprint density at radius 1 is 0.969 bits per heavy atom. The van der Waals surface area contributed by atoms with E-state index in [1.807, 2.05) is 6.07 Å². The van der Waals surface area contributed by atoms with Gasteiger partial charge in [-0.25, -0.2) is 0 Å². The average molecular weight is 444 g/mol. The SMILES string of the molecule is CC(C)(C#N)c1cccc(C(=O)Nc2ccc(Cl)c(C(=O)Nc3cncc(C#N)c3)c2)c1. The fourth-order valence-electron chi connectivity index (χ4n) is 2.86. The Morgan fingerprint density at radius 2 is 1.72 bits per heavy atom. The minimum atomic E-state index is -0.737. The number of anilines is 2. The molecule has 158 valence electrons. The second kappa shape index (κ2) is 9.30. The van der Waals surface area contributed by atoms with Crippen molar-refractivity contribution in [2.24, 2.45) is 0 Å². The Morgan fingerprint density at radius 3 is 2.44 bits per heavy atom. The molecule has 0 saturated carbocycles. The highest BCUT2D eigenvalue weighted by molar-refractivity contribution is 6.34. The van der Waals surface area contributed by atoms with Gasteiger partial charge < -0.3 is 10.6 Å². The number of carbonyl (C=O) groups excluding carboxylic acids is 2. The molecule has 7 nitrogen and oxygen atoms in total.